The number of esters is 1. The predicted octanol–water partition coefficient (Wildman–Crippen LogP) is 3.66. The van der Waals surface area contributed by atoms with Gasteiger partial charge < -0.3 is 19.1 Å². The Labute approximate surface area is 206 Å². The lowest BCUT2D eigenvalue weighted by atomic mass is 9.85. The van der Waals surface area contributed by atoms with Crippen LogP contribution in [0, 0.1) is 18.8 Å². The highest BCUT2D eigenvalue weighted by molar-refractivity contribution is 5.72. The highest BCUT2D eigenvalue weighted by Crippen LogP contribution is 2.31. The molecule has 10 nitrogen and oxygen atoms in total. The number of ether oxygens (including phenoxy) is 3. The molecule has 10 heteroatoms. The van der Waals surface area contributed by atoms with Crippen molar-refractivity contribution in [3.8, 4) is 17.1 Å². The third-order valence-corrected chi connectivity index (χ3v) is 6.92. The summed E-state index contributed by atoms with van der Waals surface area (Å²) in [7, 11) is 3.58. The Morgan fingerprint density at radius 3 is 2.66 bits per heavy atom. The molecule has 2 atom stereocenters. The van der Waals surface area contributed by atoms with E-state index in [2.05, 4.69) is 15.1 Å². The molecule has 0 radical (unpaired) electrons. The number of hydrogen-bond acceptors (Lipinski definition) is 8. The van der Waals surface area contributed by atoms with Gasteiger partial charge in [-0.2, -0.15) is 5.10 Å². The molecule has 35 heavy (non-hydrogen) atoms. The number of carbonyl (C=O) groups excluding carboxylic acids is 2. The van der Waals surface area contributed by atoms with Crippen molar-refractivity contribution in [1.29, 1.82) is 0 Å². The highest BCUT2D eigenvalue weighted by Gasteiger charge is 2.33. The average Bonchev–Trinajstić information content (AvgIpc) is 3.42. The van der Waals surface area contributed by atoms with Crippen LogP contribution in [-0.2, 0) is 27.9 Å². The van der Waals surface area contributed by atoms with Gasteiger partial charge in [-0.25, -0.2) is 14.8 Å². The van der Waals surface area contributed by atoms with E-state index in [9.17, 15) is 9.59 Å². The number of aryl methyl sites for hydroxylation is 2. The largest absolute Gasteiger partial charge is 0.473 e. The van der Waals surface area contributed by atoms with Gasteiger partial charge in [0.25, 0.3) is 0 Å². The van der Waals surface area contributed by atoms with E-state index < -0.39 is 0 Å². The second-order valence-corrected chi connectivity index (χ2v) is 9.51. The van der Waals surface area contributed by atoms with Crippen molar-refractivity contribution in [2.45, 2.75) is 65.1 Å². The van der Waals surface area contributed by atoms with E-state index in [-0.39, 0.29) is 30.7 Å². The minimum atomic E-state index is -0.340. The fourth-order valence-electron chi connectivity index (χ4n) is 4.62. The first kappa shape index (κ1) is 24.9. The predicted molar refractivity (Wildman–Crippen MR) is 128 cm³/mol. The third-order valence-electron chi connectivity index (χ3n) is 6.92. The molecule has 190 valence electrons. The molecule has 0 aromatic carbocycles. The Morgan fingerprint density at radius 1 is 1.17 bits per heavy atom. The van der Waals surface area contributed by atoms with E-state index >= 15 is 0 Å². The number of amides is 1. The fraction of sp³-hybridized carbons (Fsp3) is 0.640. The zero-order valence-corrected chi connectivity index (χ0v) is 21.0. The Morgan fingerprint density at radius 2 is 1.97 bits per heavy atom. The Kier molecular flexibility index (Phi) is 7.87. The third kappa shape index (κ3) is 5.91. The topological polar surface area (TPSA) is 109 Å². The molecule has 0 spiro atoms. The summed E-state index contributed by atoms with van der Waals surface area (Å²) in [5.74, 6) is 0.758. The summed E-state index contributed by atoms with van der Waals surface area (Å²) in [4.78, 5) is 35.2. The number of nitrogens with zero attached hydrogens (tertiary/aromatic N) is 5. The summed E-state index contributed by atoms with van der Waals surface area (Å²) in [5.41, 5.74) is 2.78. The molecule has 0 N–H and O–H groups in total. The van der Waals surface area contributed by atoms with Crippen LogP contribution in [0.3, 0.4) is 0 Å². The van der Waals surface area contributed by atoms with Crippen LogP contribution >= 0.6 is 0 Å². The van der Waals surface area contributed by atoms with E-state index in [1.54, 1.807) is 29.0 Å². The SMILES string of the molecule is CCOC(=O)C1CCC(Oc2ncc(-c3cnn(C)c3COC(=O)N(C)CC3CCC3)nc2C)C1. The Balaban J connectivity index is 1.38. The van der Waals surface area contributed by atoms with Gasteiger partial charge in [0, 0.05) is 26.2 Å². The highest BCUT2D eigenvalue weighted by atomic mass is 16.6. The monoisotopic (exact) mass is 485 g/mol. The van der Waals surface area contributed by atoms with Crippen molar-refractivity contribution >= 4 is 12.1 Å². The molecule has 2 unspecified atom stereocenters. The molecule has 2 aliphatic carbocycles. The fourth-order valence-corrected chi connectivity index (χ4v) is 4.62. The molecular weight excluding hydrogens is 450 g/mol. The van der Waals surface area contributed by atoms with Crippen molar-refractivity contribution in [1.82, 2.24) is 24.6 Å². The quantitative estimate of drug-likeness (QED) is 0.495. The Hall–Kier alpha value is -3.17. The van der Waals surface area contributed by atoms with Gasteiger partial charge in [-0.3, -0.25) is 9.48 Å². The van der Waals surface area contributed by atoms with Crippen LogP contribution in [-0.4, -0.2) is 63.0 Å². The molecule has 0 saturated heterocycles. The van der Waals surface area contributed by atoms with Gasteiger partial charge in [0.15, 0.2) is 0 Å². The number of hydrogen-bond donors (Lipinski definition) is 0. The van der Waals surface area contributed by atoms with E-state index in [1.165, 1.54) is 19.3 Å². The molecule has 2 aliphatic rings. The maximum atomic E-state index is 12.4. The summed E-state index contributed by atoms with van der Waals surface area (Å²) in [6, 6.07) is 0. The molecular formula is C25H35N5O5. The molecule has 0 aliphatic heterocycles. The van der Waals surface area contributed by atoms with Crippen LogP contribution < -0.4 is 4.74 Å². The summed E-state index contributed by atoms with van der Waals surface area (Å²) >= 11 is 0. The first-order valence-electron chi connectivity index (χ1n) is 12.4. The van der Waals surface area contributed by atoms with Crippen LogP contribution in [0.15, 0.2) is 12.4 Å². The molecule has 0 bridgehead atoms. The molecule has 2 saturated carbocycles. The van der Waals surface area contributed by atoms with Crippen LogP contribution in [0.5, 0.6) is 5.88 Å². The van der Waals surface area contributed by atoms with Crippen molar-refractivity contribution in [2.24, 2.45) is 18.9 Å². The van der Waals surface area contributed by atoms with Crippen LogP contribution in [0.2, 0.25) is 0 Å². The van der Waals surface area contributed by atoms with Gasteiger partial charge in [0.2, 0.25) is 5.88 Å². The van der Waals surface area contributed by atoms with E-state index in [0.717, 1.165) is 30.6 Å². The zero-order chi connectivity index (χ0) is 24.9. The van der Waals surface area contributed by atoms with Gasteiger partial charge in [-0.1, -0.05) is 6.42 Å². The van der Waals surface area contributed by atoms with Crippen molar-refractivity contribution in [2.75, 3.05) is 20.2 Å². The molecule has 2 aromatic rings. The van der Waals surface area contributed by atoms with Crippen molar-refractivity contribution in [3.63, 3.8) is 0 Å². The standard InChI is InChI=1S/C25H35N5O5/c1-5-33-24(31)18-9-10-19(11-18)35-23-16(2)28-21(13-26-23)20-12-27-30(4)22(20)15-34-25(32)29(3)14-17-7-6-8-17/h12-13,17-19H,5-11,14-15H2,1-4H3. The normalized spacial score (nSPS) is 19.8. The van der Waals surface area contributed by atoms with Gasteiger partial charge in [-0.05, 0) is 51.9 Å². The van der Waals surface area contributed by atoms with E-state index in [0.29, 0.717) is 36.2 Å². The van der Waals surface area contributed by atoms with Crippen LogP contribution in [0.1, 0.15) is 56.8 Å². The lowest BCUT2D eigenvalue weighted by molar-refractivity contribution is -0.147. The molecule has 2 aromatic heterocycles. The van der Waals surface area contributed by atoms with E-state index in [4.69, 9.17) is 14.2 Å². The van der Waals surface area contributed by atoms with Gasteiger partial charge in [0.1, 0.15) is 18.4 Å². The van der Waals surface area contributed by atoms with Gasteiger partial charge in [-0.15, -0.1) is 0 Å². The second-order valence-electron chi connectivity index (χ2n) is 9.51. The minimum Gasteiger partial charge on any atom is -0.473 e. The smallest absolute Gasteiger partial charge is 0.409 e. The van der Waals surface area contributed by atoms with Crippen molar-refractivity contribution in [3.05, 3.63) is 23.8 Å². The maximum Gasteiger partial charge on any atom is 0.409 e. The number of aromatic nitrogens is 4. The first-order valence-corrected chi connectivity index (χ1v) is 12.4. The average molecular weight is 486 g/mol. The van der Waals surface area contributed by atoms with Crippen LogP contribution in [0.25, 0.3) is 11.3 Å². The summed E-state index contributed by atoms with van der Waals surface area (Å²) < 4.78 is 18.4. The van der Waals surface area contributed by atoms with E-state index in [1.807, 2.05) is 20.9 Å². The van der Waals surface area contributed by atoms with Gasteiger partial charge in [0.05, 0.1) is 36.3 Å². The molecule has 4 rings (SSSR count). The van der Waals surface area contributed by atoms with Crippen molar-refractivity contribution < 1.29 is 23.8 Å². The summed E-state index contributed by atoms with van der Waals surface area (Å²) in [6.07, 6.45) is 8.65. The number of carbonyl (C=O) groups is 2. The zero-order valence-electron chi connectivity index (χ0n) is 21.0. The molecule has 2 fully saturated rings. The lowest BCUT2D eigenvalue weighted by Gasteiger charge is -2.29. The molecule has 1 amide bonds. The van der Waals surface area contributed by atoms with Gasteiger partial charge >= 0.3 is 12.1 Å². The second kappa shape index (κ2) is 11.0. The Bertz CT molecular complexity index is 1050. The number of rotatable bonds is 9. The minimum absolute atomic E-state index is 0.0893. The summed E-state index contributed by atoms with van der Waals surface area (Å²) in [6.45, 7) is 4.86. The molecule has 2 heterocycles. The van der Waals surface area contributed by atoms with Crippen LogP contribution in [0.4, 0.5) is 4.79 Å². The maximum absolute atomic E-state index is 12.4. The summed E-state index contributed by atoms with van der Waals surface area (Å²) in [5, 5.41) is 4.33. The first-order chi connectivity index (χ1) is 16.9. The lowest BCUT2D eigenvalue weighted by Crippen LogP contribution is -2.34.